The van der Waals surface area contributed by atoms with Gasteiger partial charge in [0.05, 0.1) is 0 Å². The molecule has 2 aromatic carbocycles. The smallest absolute Gasteiger partial charge is 0.142 e. The van der Waals surface area contributed by atoms with E-state index in [0.29, 0.717) is 11.1 Å². The number of phenols is 2. The number of piperidine rings is 1. The third-order valence-electron chi connectivity index (χ3n) is 4.91. The molecule has 25 heavy (non-hydrogen) atoms. The second-order valence-corrected chi connectivity index (χ2v) is 8.34. The highest BCUT2D eigenvalue weighted by Crippen LogP contribution is 2.43. The Balaban J connectivity index is 2.05. The maximum Gasteiger partial charge on any atom is 0.142 e. The van der Waals surface area contributed by atoms with Gasteiger partial charge in [-0.25, -0.2) is 0 Å². The molecule has 0 radical (unpaired) electrons. The van der Waals surface area contributed by atoms with Crippen molar-refractivity contribution in [3.63, 3.8) is 0 Å². The van der Waals surface area contributed by atoms with Crippen LogP contribution in [-0.2, 0) is 4.79 Å². The highest BCUT2D eigenvalue weighted by molar-refractivity contribution is 9.10. The van der Waals surface area contributed by atoms with Gasteiger partial charge >= 0.3 is 0 Å². The number of benzene rings is 2. The molecule has 1 saturated heterocycles. The molecule has 6 heteroatoms. The van der Waals surface area contributed by atoms with Gasteiger partial charge in [0.25, 0.3) is 0 Å². The van der Waals surface area contributed by atoms with E-state index >= 15 is 0 Å². The lowest BCUT2D eigenvalue weighted by molar-refractivity contribution is -0.130. The molecule has 3 N–H and O–H groups in total. The highest BCUT2D eigenvalue weighted by atomic mass is 79.9. The fourth-order valence-corrected chi connectivity index (χ4v) is 4.25. The van der Waals surface area contributed by atoms with Crippen LogP contribution in [0.1, 0.15) is 37.1 Å². The number of Topliss-reactive ketones (excluding diaryl/α,β-unsaturated/α-hetero) is 1. The molecule has 0 amide bonds. The summed E-state index contributed by atoms with van der Waals surface area (Å²) < 4.78 is 1.67. The number of carbonyl (C=O) groups excluding carboxylic acids is 1. The second kappa shape index (κ2) is 7.09. The van der Waals surface area contributed by atoms with Crippen molar-refractivity contribution in [3.8, 4) is 11.5 Å². The van der Waals surface area contributed by atoms with Crippen LogP contribution >= 0.6 is 31.9 Å². The van der Waals surface area contributed by atoms with Gasteiger partial charge in [-0.2, -0.15) is 0 Å². The molecular weight excluding hydrogens is 450 g/mol. The summed E-state index contributed by atoms with van der Waals surface area (Å²) >= 11 is 6.84. The molecule has 1 fully saturated rings. The minimum absolute atomic E-state index is 0.104. The number of carbonyl (C=O) groups is 1. The van der Waals surface area contributed by atoms with E-state index < -0.39 is 0 Å². The van der Waals surface area contributed by atoms with Crippen LogP contribution in [0.3, 0.4) is 0 Å². The van der Waals surface area contributed by atoms with Crippen LogP contribution in [0.15, 0.2) is 45.3 Å². The monoisotopic (exact) mass is 467 g/mol. The maximum atomic E-state index is 12.9. The molecule has 1 aliphatic heterocycles. The summed E-state index contributed by atoms with van der Waals surface area (Å²) in [4.78, 5) is 12.9. The van der Waals surface area contributed by atoms with Crippen LogP contribution in [0.4, 0.5) is 0 Å². The van der Waals surface area contributed by atoms with Gasteiger partial charge in [-0.15, -0.1) is 0 Å². The number of ketones is 1. The van der Waals surface area contributed by atoms with E-state index in [1.807, 2.05) is 26.0 Å². The number of hydrogen-bond donors (Lipinski definition) is 3. The predicted molar refractivity (Wildman–Crippen MR) is 104 cm³/mol. The molecule has 4 atom stereocenters. The van der Waals surface area contributed by atoms with Crippen molar-refractivity contribution >= 4 is 37.6 Å². The summed E-state index contributed by atoms with van der Waals surface area (Å²) in [5.41, 5.74) is 1.34. The zero-order valence-corrected chi connectivity index (χ0v) is 17.0. The maximum absolute atomic E-state index is 12.9. The summed E-state index contributed by atoms with van der Waals surface area (Å²) in [6.07, 6.45) is 0. The Morgan fingerprint density at radius 3 is 1.64 bits per heavy atom. The van der Waals surface area contributed by atoms with Crippen LogP contribution in [0.2, 0.25) is 0 Å². The summed E-state index contributed by atoms with van der Waals surface area (Å²) in [7, 11) is 0. The summed E-state index contributed by atoms with van der Waals surface area (Å²) in [6.45, 7) is 3.74. The molecule has 0 bridgehead atoms. The molecule has 0 spiro atoms. The second-order valence-electron chi connectivity index (χ2n) is 6.51. The standard InChI is InChI=1S/C19H19Br2NO3/c1-9-17(13-7-11(20)3-5-15(13)23)22-18(10(2)19(9)25)14-8-12(21)4-6-16(14)24/h3-10,17-18,22-24H,1-2H3/t9-,10-,17-,18+/m1/s1. The van der Waals surface area contributed by atoms with E-state index in [2.05, 4.69) is 37.2 Å². The molecule has 3 rings (SSSR count). The topological polar surface area (TPSA) is 69.6 Å². The lowest BCUT2D eigenvalue weighted by Gasteiger charge is -2.40. The van der Waals surface area contributed by atoms with E-state index in [1.54, 1.807) is 24.3 Å². The average molecular weight is 469 g/mol. The Morgan fingerprint density at radius 2 is 1.24 bits per heavy atom. The first-order chi connectivity index (χ1) is 11.8. The molecule has 1 heterocycles. The number of nitrogens with one attached hydrogen (secondary N) is 1. The lowest BCUT2D eigenvalue weighted by Crippen LogP contribution is -2.46. The summed E-state index contributed by atoms with van der Waals surface area (Å²) in [6, 6.07) is 9.70. The van der Waals surface area contributed by atoms with Gasteiger partial charge in [-0.05, 0) is 36.4 Å². The molecule has 4 nitrogen and oxygen atoms in total. The summed E-state index contributed by atoms with van der Waals surface area (Å²) in [5.74, 6) is -0.187. The molecular formula is C19H19Br2NO3. The average Bonchev–Trinajstić information content (AvgIpc) is 2.58. The van der Waals surface area contributed by atoms with Crippen LogP contribution in [0.5, 0.6) is 11.5 Å². The van der Waals surface area contributed by atoms with Crippen molar-refractivity contribution in [2.24, 2.45) is 11.8 Å². The van der Waals surface area contributed by atoms with E-state index in [4.69, 9.17) is 0 Å². The number of hydrogen-bond acceptors (Lipinski definition) is 4. The Kier molecular flexibility index (Phi) is 5.23. The van der Waals surface area contributed by atoms with Crippen LogP contribution in [0.25, 0.3) is 0 Å². The first-order valence-electron chi connectivity index (χ1n) is 8.06. The molecule has 2 aromatic rings. The fraction of sp³-hybridized carbons (Fsp3) is 0.316. The number of halogens is 2. The van der Waals surface area contributed by atoms with Gasteiger partial charge in [0.15, 0.2) is 0 Å². The quantitative estimate of drug-likeness (QED) is 0.589. The first kappa shape index (κ1) is 18.4. The molecule has 1 aliphatic rings. The van der Waals surface area contributed by atoms with E-state index in [1.165, 1.54) is 0 Å². The van der Waals surface area contributed by atoms with Crippen molar-refractivity contribution in [2.45, 2.75) is 25.9 Å². The number of phenolic OH excluding ortho intramolecular Hbond substituents is 2. The zero-order chi connectivity index (χ0) is 18.3. The van der Waals surface area contributed by atoms with Crippen LogP contribution < -0.4 is 5.32 Å². The first-order valence-corrected chi connectivity index (χ1v) is 9.64. The van der Waals surface area contributed by atoms with Gasteiger partial charge in [0.2, 0.25) is 0 Å². The van der Waals surface area contributed by atoms with Crippen molar-refractivity contribution in [1.29, 1.82) is 0 Å². The Morgan fingerprint density at radius 1 is 0.840 bits per heavy atom. The SMILES string of the molecule is C[C@H]1C(=O)[C@H](C)[C@H](c2cc(Br)ccc2O)N[C@@H]1c1cc(Br)ccc1O. The fourth-order valence-electron chi connectivity index (χ4n) is 3.49. The Hall–Kier alpha value is -1.37. The van der Waals surface area contributed by atoms with Crippen molar-refractivity contribution in [3.05, 3.63) is 56.5 Å². The van der Waals surface area contributed by atoms with Gasteiger partial charge < -0.3 is 15.5 Å². The van der Waals surface area contributed by atoms with E-state index in [9.17, 15) is 15.0 Å². The molecule has 132 valence electrons. The highest BCUT2D eigenvalue weighted by Gasteiger charge is 2.41. The van der Waals surface area contributed by atoms with Crippen LogP contribution in [-0.4, -0.2) is 16.0 Å². The predicted octanol–water partition coefficient (Wildman–Crippen LogP) is 4.85. The van der Waals surface area contributed by atoms with Crippen LogP contribution in [0, 0.1) is 11.8 Å². The van der Waals surface area contributed by atoms with E-state index in [-0.39, 0.29) is 41.2 Å². The van der Waals surface area contributed by atoms with Gasteiger partial charge in [-0.3, -0.25) is 4.79 Å². The Labute approximate surface area is 163 Å². The minimum Gasteiger partial charge on any atom is -0.508 e. The number of aromatic hydroxyl groups is 2. The van der Waals surface area contributed by atoms with Gasteiger partial charge in [0, 0.05) is 44.0 Å². The van der Waals surface area contributed by atoms with Crippen molar-refractivity contribution < 1.29 is 15.0 Å². The van der Waals surface area contributed by atoms with Gasteiger partial charge in [0.1, 0.15) is 17.3 Å². The third-order valence-corrected chi connectivity index (χ3v) is 5.89. The lowest BCUT2D eigenvalue weighted by atomic mass is 9.76. The Bertz CT molecular complexity index is 759. The van der Waals surface area contributed by atoms with Crippen molar-refractivity contribution in [2.75, 3.05) is 0 Å². The third kappa shape index (κ3) is 3.48. The number of rotatable bonds is 2. The van der Waals surface area contributed by atoms with E-state index in [0.717, 1.165) is 8.95 Å². The molecule has 0 unspecified atom stereocenters. The summed E-state index contributed by atoms with van der Waals surface area (Å²) in [5, 5.41) is 24.0. The molecule has 0 saturated carbocycles. The molecule has 0 aromatic heterocycles. The van der Waals surface area contributed by atoms with Crippen molar-refractivity contribution in [1.82, 2.24) is 5.32 Å². The van der Waals surface area contributed by atoms with Gasteiger partial charge in [-0.1, -0.05) is 45.7 Å². The zero-order valence-electron chi connectivity index (χ0n) is 13.8. The normalized spacial score (nSPS) is 26.6. The largest absolute Gasteiger partial charge is 0.508 e. The molecule has 0 aliphatic carbocycles. The minimum atomic E-state index is -0.343.